The summed E-state index contributed by atoms with van der Waals surface area (Å²) >= 11 is 0. The lowest BCUT2D eigenvalue weighted by atomic mass is 10.1. The Labute approximate surface area is 148 Å². The normalized spacial score (nSPS) is 11.4. The summed E-state index contributed by atoms with van der Waals surface area (Å²) in [5.41, 5.74) is 1.87. The number of carbonyl (C=O) groups is 2. The number of rotatable bonds is 8. The third kappa shape index (κ3) is 6.67. The molecule has 0 heterocycles. The molecular formula is C20H24N2O3. The summed E-state index contributed by atoms with van der Waals surface area (Å²) in [6, 6.07) is 18.3. The van der Waals surface area contributed by atoms with Crippen LogP contribution in [0.25, 0.3) is 0 Å². The maximum atomic E-state index is 12.3. The molecule has 0 saturated heterocycles. The fraction of sp³-hybridized carbons (Fsp3) is 0.300. The third-order valence-electron chi connectivity index (χ3n) is 3.65. The molecule has 2 aromatic carbocycles. The first-order valence-corrected chi connectivity index (χ1v) is 8.48. The van der Waals surface area contributed by atoms with E-state index in [1.807, 2.05) is 67.6 Å². The molecule has 0 aliphatic rings. The van der Waals surface area contributed by atoms with Crippen molar-refractivity contribution in [1.82, 2.24) is 10.6 Å². The highest BCUT2D eigenvalue weighted by Crippen LogP contribution is 2.05. The van der Waals surface area contributed by atoms with Gasteiger partial charge in [0.1, 0.15) is 12.6 Å². The molecule has 2 N–H and O–H groups in total. The quantitative estimate of drug-likeness (QED) is 0.776. The second-order valence-corrected chi connectivity index (χ2v) is 5.74. The molecule has 5 heteroatoms. The summed E-state index contributed by atoms with van der Waals surface area (Å²) in [4.78, 5) is 24.4. The van der Waals surface area contributed by atoms with Crippen LogP contribution in [0.4, 0.5) is 4.79 Å². The maximum absolute atomic E-state index is 12.3. The van der Waals surface area contributed by atoms with Gasteiger partial charge in [-0.1, -0.05) is 67.6 Å². The number of hydrogen-bond donors (Lipinski definition) is 2. The average molecular weight is 340 g/mol. The van der Waals surface area contributed by atoms with E-state index in [1.165, 1.54) is 0 Å². The van der Waals surface area contributed by atoms with Crippen molar-refractivity contribution < 1.29 is 14.3 Å². The van der Waals surface area contributed by atoms with Gasteiger partial charge in [-0.2, -0.15) is 0 Å². The number of nitrogens with one attached hydrogen (secondary N) is 2. The van der Waals surface area contributed by atoms with E-state index >= 15 is 0 Å². The molecule has 2 amide bonds. The van der Waals surface area contributed by atoms with Crippen LogP contribution < -0.4 is 10.6 Å². The molecule has 0 radical (unpaired) electrons. The third-order valence-corrected chi connectivity index (χ3v) is 3.65. The van der Waals surface area contributed by atoms with E-state index < -0.39 is 12.1 Å². The van der Waals surface area contributed by atoms with Crippen LogP contribution in [0.5, 0.6) is 0 Å². The first kappa shape index (κ1) is 18.5. The van der Waals surface area contributed by atoms with Crippen molar-refractivity contribution >= 4 is 12.0 Å². The minimum absolute atomic E-state index is 0.168. The summed E-state index contributed by atoms with van der Waals surface area (Å²) in [5, 5.41) is 5.49. The van der Waals surface area contributed by atoms with Crippen molar-refractivity contribution in [2.75, 3.05) is 6.54 Å². The zero-order valence-electron chi connectivity index (χ0n) is 14.4. The Morgan fingerprint density at radius 1 is 0.960 bits per heavy atom. The van der Waals surface area contributed by atoms with Gasteiger partial charge in [0.15, 0.2) is 0 Å². The summed E-state index contributed by atoms with van der Waals surface area (Å²) in [7, 11) is 0. The molecular weight excluding hydrogens is 316 g/mol. The zero-order chi connectivity index (χ0) is 17.9. The lowest BCUT2D eigenvalue weighted by Gasteiger charge is -2.18. The molecule has 25 heavy (non-hydrogen) atoms. The van der Waals surface area contributed by atoms with Crippen LogP contribution in [0.15, 0.2) is 60.7 Å². The number of amides is 2. The topological polar surface area (TPSA) is 67.4 Å². The molecule has 0 fully saturated rings. The van der Waals surface area contributed by atoms with Crippen molar-refractivity contribution in [3.63, 3.8) is 0 Å². The summed E-state index contributed by atoms with van der Waals surface area (Å²) in [6.45, 7) is 2.72. The van der Waals surface area contributed by atoms with Crippen LogP contribution in [-0.4, -0.2) is 24.6 Å². The molecule has 0 aromatic heterocycles. The number of carbonyl (C=O) groups excluding carboxylic acids is 2. The second-order valence-electron chi connectivity index (χ2n) is 5.74. The second kappa shape index (κ2) is 10.1. The highest BCUT2D eigenvalue weighted by molar-refractivity contribution is 5.85. The fourth-order valence-electron chi connectivity index (χ4n) is 2.34. The van der Waals surface area contributed by atoms with Crippen molar-refractivity contribution in [3.8, 4) is 0 Å². The fourth-order valence-corrected chi connectivity index (χ4v) is 2.34. The SMILES string of the molecule is CCCNC(=O)C(Cc1ccccc1)NC(=O)OCc1ccccc1. The average Bonchev–Trinajstić information content (AvgIpc) is 2.65. The monoisotopic (exact) mass is 340 g/mol. The van der Waals surface area contributed by atoms with E-state index in [-0.39, 0.29) is 12.5 Å². The van der Waals surface area contributed by atoms with Gasteiger partial charge >= 0.3 is 6.09 Å². The van der Waals surface area contributed by atoms with Gasteiger partial charge in [0.2, 0.25) is 5.91 Å². The lowest BCUT2D eigenvalue weighted by molar-refractivity contribution is -0.123. The van der Waals surface area contributed by atoms with Gasteiger partial charge in [-0.05, 0) is 17.5 Å². The molecule has 2 aromatic rings. The Kier molecular flexibility index (Phi) is 7.50. The van der Waals surface area contributed by atoms with E-state index in [9.17, 15) is 9.59 Å². The molecule has 0 aliphatic carbocycles. The lowest BCUT2D eigenvalue weighted by Crippen LogP contribution is -2.48. The Hall–Kier alpha value is -2.82. The van der Waals surface area contributed by atoms with E-state index in [4.69, 9.17) is 4.74 Å². The van der Waals surface area contributed by atoms with Crippen LogP contribution in [0.1, 0.15) is 24.5 Å². The predicted molar refractivity (Wildman–Crippen MR) is 97.0 cm³/mol. The highest BCUT2D eigenvalue weighted by Gasteiger charge is 2.21. The van der Waals surface area contributed by atoms with Crippen LogP contribution in [0.2, 0.25) is 0 Å². The molecule has 5 nitrogen and oxygen atoms in total. The molecule has 0 aliphatic heterocycles. The van der Waals surface area contributed by atoms with Crippen molar-refractivity contribution in [2.24, 2.45) is 0 Å². The molecule has 1 atom stereocenters. The number of alkyl carbamates (subject to hydrolysis) is 1. The van der Waals surface area contributed by atoms with Gasteiger partial charge in [-0.15, -0.1) is 0 Å². The van der Waals surface area contributed by atoms with E-state index in [0.717, 1.165) is 17.5 Å². The van der Waals surface area contributed by atoms with Crippen LogP contribution in [0, 0.1) is 0 Å². The molecule has 2 rings (SSSR count). The molecule has 0 saturated carbocycles. The van der Waals surface area contributed by atoms with Gasteiger partial charge in [0.25, 0.3) is 0 Å². The molecule has 0 spiro atoms. The minimum Gasteiger partial charge on any atom is -0.445 e. The van der Waals surface area contributed by atoms with Crippen LogP contribution >= 0.6 is 0 Å². The Morgan fingerprint density at radius 2 is 1.56 bits per heavy atom. The van der Waals surface area contributed by atoms with Crippen LogP contribution in [0.3, 0.4) is 0 Å². The summed E-state index contributed by atoms with van der Waals surface area (Å²) in [5.74, 6) is -0.206. The van der Waals surface area contributed by atoms with Gasteiger partial charge in [0, 0.05) is 13.0 Å². The molecule has 1 unspecified atom stereocenters. The predicted octanol–water partition coefficient (Wildman–Crippen LogP) is 3.05. The number of benzene rings is 2. The van der Waals surface area contributed by atoms with Gasteiger partial charge in [0.05, 0.1) is 0 Å². The number of hydrogen-bond acceptors (Lipinski definition) is 3. The van der Waals surface area contributed by atoms with E-state index in [2.05, 4.69) is 10.6 Å². The standard InChI is InChI=1S/C20H24N2O3/c1-2-13-21-19(23)18(14-16-9-5-3-6-10-16)22-20(24)25-15-17-11-7-4-8-12-17/h3-12,18H,2,13-15H2,1H3,(H,21,23)(H,22,24). The van der Waals surface area contributed by atoms with Gasteiger partial charge in [-0.25, -0.2) is 4.79 Å². The van der Waals surface area contributed by atoms with E-state index in [0.29, 0.717) is 13.0 Å². The Morgan fingerprint density at radius 3 is 2.16 bits per heavy atom. The minimum atomic E-state index is -0.669. The Balaban J connectivity index is 1.94. The highest BCUT2D eigenvalue weighted by atomic mass is 16.5. The Bertz CT molecular complexity index is 659. The van der Waals surface area contributed by atoms with Gasteiger partial charge < -0.3 is 15.4 Å². The van der Waals surface area contributed by atoms with E-state index in [1.54, 1.807) is 0 Å². The van der Waals surface area contributed by atoms with Gasteiger partial charge in [-0.3, -0.25) is 4.79 Å². The molecule has 132 valence electrons. The van der Waals surface area contributed by atoms with Crippen LogP contribution in [-0.2, 0) is 22.6 Å². The number of ether oxygens (including phenoxy) is 1. The summed E-state index contributed by atoms with van der Waals surface area (Å²) in [6.07, 6.45) is 0.649. The molecule has 0 bridgehead atoms. The first-order chi connectivity index (χ1) is 12.2. The zero-order valence-corrected chi connectivity index (χ0v) is 14.4. The van der Waals surface area contributed by atoms with Crippen molar-refractivity contribution in [1.29, 1.82) is 0 Å². The first-order valence-electron chi connectivity index (χ1n) is 8.48. The van der Waals surface area contributed by atoms with Crippen molar-refractivity contribution in [2.45, 2.75) is 32.4 Å². The van der Waals surface area contributed by atoms with Crippen molar-refractivity contribution in [3.05, 3.63) is 71.8 Å². The maximum Gasteiger partial charge on any atom is 0.408 e. The largest absolute Gasteiger partial charge is 0.445 e. The smallest absolute Gasteiger partial charge is 0.408 e. The summed E-state index contributed by atoms with van der Waals surface area (Å²) < 4.78 is 5.22.